The first-order valence-corrected chi connectivity index (χ1v) is 11.0. The van der Waals surface area contributed by atoms with Crippen LogP contribution in [-0.2, 0) is 13.0 Å². The Bertz CT molecular complexity index is 1440. The van der Waals surface area contributed by atoms with Crippen LogP contribution in [0.25, 0.3) is 17.3 Å². The van der Waals surface area contributed by atoms with E-state index in [-0.39, 0.29) is 5.56 Å². The summed E-state index contributed by atoms with van der Waals surface area (Å²) in [6, 6.07) is 15.2. The number of hydrogen-bond donors (Lipinski definition) is 0. The molecule has 0 aliphatic carbocycles. The number of rotatable bonds is 3. The second-order valence-corrected chi connectivity index (χ2v) is 8.33. The minimum absolute atomic E-state index is 0.203. The first kappa shape index (κ1) is 19.3. The molecule has 0 amide bonds. The van der Waals surface area contributed by atoms with Gasteiger partial charge in [0.15, 0.2) is 5.82 Å². The fourth-order valence-electron chi connectivity index (χ4n) is 3.83. The van der Waals surface area contributed by atoms with Crippen molar-refractivity contribution in [1.82, 2.24) is 19.3 Å². The van der Waals surface area contributed by atoms with Gasteiger partial charge in [0.2, 0.25) is 0 Å². The van der Waals surface area contributed by atoms with Gasteiger partial charge < -0.3 is 8.98 Å². The van der Waals surface area contributed by atoms with Crippen LogP contribution in [-0.4, -0.2) is 19.3 Å². The van der Waals surface area contributed by atoms with Crippen LogP contribution in [0.4, 0.5) is 0 Å². The predicted molar refractivity (Wildman–Crippen MR) is 117 cm³/mol. The summed E-state index contributed by atoms with van der Waals surface area (Å²) in [5, 5.41) is 18.8. The van der Waals surface area contributed by atoms with Crippen LogP contribution < -0.4 is 14.8 Å². The number of aromatic nitrogens is 4. The zero-order chi connectivity index (χ0) is 21.2. The minimum atomic E-state index is -0.203. The molecule has 154 valence electrons. The lowest BCUT2D eigenvalue weighted by atomic mass is 10.2. The SMILES string of the molecule is N#C/C(c1nnc2n1CCCCC2)=c1/s/c(=C\c2ccco2)c(=O)n1-c1ccccc1. The monoisotopic (exact) mass is 429 g/mol. The molecule has 0 spiro atoms. The van der Waals surface area contributed by atoms with E-state index in [9.17, 15) is 10.1 Å². The smallest absolute Gasteiger partial charge is 0.273 e. The molecule has 0 radical (unpaired) electrons. The maximum atomic E-state index is 13.4. The molecule has 0 atom stereocenters. The number of hydrogen-bond acceptors (Lipinski definition) is 6. The molecule has 3 aromatic heterocycles. The lowest BCUT2D eigenvalue weighted by Crippen LogP contribution is -2.31. The topological polar surface area (TPSA) is 89.6 Å². The Labute approximate surface area is 181 Å². The van der Waals surface area contributed by atoms with Crippen LogP contribution >= 0.6 is 11.3 Å². The second-order valence-electron chi connectivity index (χ2n) is 7.30. The molecule has 0 fully saturated rings. The van der Waals surface area contributed by atoms with Gasteiger partial charge in [-0.3, -0.25) is 9.36 Å². The number of furan rings is 1. The number of para-hydroxylation sites is 1. The van der Waals surface area contributed by atoms with Crippen molar-refractivity contribution >= 4 is 23.0 Å². The van der Waals surface area contributed by atoms with Crippen molar-refractivity contribution in [2.24, 2.45) is 0 Å². The summed E-state index contributed by atoms with van der Waals surface area (Å²) in [4.78, 5) is 13.4. The average molecular weight is 430 g/mol. The van der Waals surface area contributed by atoms with E-state index in [1.54, 1.807) is 29.0 Å². The minimum Gasteiger partial charge on any atom is -0.465 e. The third kappa shape index (κ3) is 3.53. The standard InChI is InChI=1S/C23H19N5O2S/c24-15-18(21-26-25-20-11-5-2-6-12-27(20)21)23-28(16-8-3-1-4-9-16)22(29)19(31-23)14-17-10-7-13-30-17/h1,3-4,7-10,13-14H,2,5-6,11-12H2/b19-14-,23-18-. The number of thiazole rings is 1. The van der Waals surface area contributed by atoms with Gasteiger partial charge in [-0.15, -0.1) is 21.5 Å². The van der Waals surface area contributed by atoms with Crippen LogP contribution in [0.5, 0.6) is 0 Å². The quantitative estimate of drug-likeness (QED) is 0.499. The second kappa shape index (κ2) is 8.20. The molecule has 8 heteroatoms. The molecule has 0 saturated heterocycles. The van der Waals surface area contributed by atoms with Gasteiger partial charge in [-0.25, -0.2) is 0 Å². The number of nitrogens with zero attached hydrogens (tertiary/aromatic N) is 5. The zero-order valence-electron chi connectivity index (χ0n) is 16.7. The average Bonchev–Trinajstić information content (AvgIpc) is 3.47. The lowest BCUT2D eigenvalue weighted by Gasteiger charge is -2.07. The maximum Gasteiger partial charge on any atom is 0.273 e. The van der Waals surface area contributed by atoms with Crippen molar-refractivity contribution in [3.8, 4) is 11.8 Å². The highest BCUT2D eigenvalue weighted by atomic mass is 32.1. The van der Waals surface area contributed by atoms with E-state index in [2.05, 4.69) is 16.3 Å². The fraction of sp³-hybridized carbons (Fsp3) is 0.217. The van der Waals surface area contributed by atoms with E-state index in [0.29, 0.717) is 32.0 Å². The Morgan fingerprint density at radius 3 is 2.77 bits per heavy atom. The maximum absolute atomic E-state index is 13.4. The molecular weight excluding hydrogens is 410 g/mol. The molecular formula is C23H19N5O2S. The summed E-state index contributed by atoms with van der Waals surface area (Å²) in [5.41, 5.74) is 0.845. The van der Waals surface area contributed by atoms with Crippen LogP contribution in [0, 0.1) is 11.3 Å². The van der Waals surface area contributed by atoms with Gasteiger partial charge >= 0.3 is 0 Å². The number of nitriles is 1. The molecule has 4 aromatic rings. The summed E-state index contributed by atoms with van der Waals surface area (Å²) in [5.74, 6) is 2.00. The third-order valence-corrected chi connectivity index (χ3v) is 6.41. The van der Waals surface area contributed by atoms with Crippen LogP contribution in [0.3, 0.4) is 0 Å². The van der Waals surface area contributed by atoms with Crippen LogP contribution in [0.2, 0.25) is 0 Å². The van der Waals surface area contributed by atoms with Gasteiger partial charge in [0, 0.05) is 19.0 Å². The van der Waals surface area contributed by atoms with E-state index in [1.165, 1.54) is 11.3 Å². The van der Waals surface area contributed by atoms with Crippen molar-refractivity contribution in [1.29, 1.82) is 5.26 Å². The van der Waals surface area contributed by atoms with E-state index >= 15 is 0 Å². The van der Waals surface area contributed by atoms with E-state index in [0.717, 1.165) is 38.1 Å². The molecule has 5 rings (SSSR count). The lowest BCUT2D eigenvalue weighted by molar-refractivity contribution is 0.556. The highest BCUT2D eigenvalue weighted by Crippen LogP contribution is 2.18. The third-order valence-electron chi connectivity index (χ3n) is 5.31. The molecule has 1 aromatic carbocycles. The van der Waals surface area contributed by atoms with Gasteiger partial charge in [-0.2, -0.15) is 5.26 Å². The molecule has 1 aliphatic heterocycles. The summed E-state index contributed by atoms with van der Waals surface area (Å²) in [6.07, 6.45) is 7.32. The normalized spacial score (nSPS) is 15.3. The number of aryl methyl sites for hydroxylation is 1. The van der Waals surface area contributed by atoms with Gasteiger partial charge in [-0.1, -0.05) is 24.6 Å². The molecule has 0 N–H and O–H groups in total. The predicted octanol–water partition coefficient (Wildman–Crippen LogP) is 2.36. The number of fused-ring (bicyclic) bond motifs is 1. The highest BCUT2D eigenvalue weighted by molar-refractivity contribution is 7.07. The van der Waals surface area contributed by atoms with Crippen molar-refractivity contribution in [2.75, 3.05) is 0 Å². The first-order valence-electron chi connectivity index (χ1n) is 10.2. The molecule has 0 bridgehead atoms. The van der Waals surface area contributed by atoms with Crippen molar-refractivity contribution in [3.63, 3.8) is 0 Å². The van der Waals surface area contributed by atoms with E-state index < -0.39 is 0 Å². The molecule has 0 unspecified atom stereocenters. The van der Waals surface area contributed by atoms with Crippen molar-refractivity contribution in [3.05, 3.63) is 85.7 Å². The van der Waals surface area contributed by atoms with Crippen LogP contribution in [0.1, 0.15) is 36.7 Å². The zero-order valence-corrected chi connectivity index (χ0v) is 17.5. The largest absolute Gasteiger partial charge is 0.465 e. The Hall–Kier alpha value is -3.70. The Balaban J connectivity index is 1.84. The van der Waals surface area contributed by atoms with Gasteiger partial charge in [-0.05, 0) is 37.1 Å². The van der Waals surface area contributed by atoms with Gasteiger partial charge in [0.25, 0.3) is 5.56 Å². The summed E-state index contributed by atoms with van der Waals surface area (Å²) in [7, 11) is 0. The van der Waals surface area contributed by atoms with Crippen molar-refractivity contribution in [2.45, 2.75) is 32.2 Å². The Kier molecular flexibility index (Phi) is 5.10. The summed E-state index contributed by atoms with van der Waals surface area (Å²) in [6.45, 7) is 0.773. The number of benzene rings is 1. The van der Waals surface area contributed by atoms with Gasteiger partial charge in [0.1, 0.15) is 27.9 Å². The van der Waals surface area contributed by atoms with Gasteiger partial charge in [0.05, 0.1) is 16.5 Å². The summed E-state index contributed by atoms with van der Waals surface area (Å²) < 4.78 is 10.0. The molecule has 0 saturated carbocycles. The van der Waals surface area contributed by atoms with Crippen LogP contribution in [0.15, 0.2) is 57.9 Å². The summed E-state index contributed by atoms with van der Waals surface area (Å²) >= 11 is 1.26. The molecule has 7 nitrogen and oxygen atoms in total. The Morgan fingerprint density at radius 1 is 1.13 bits per heavy atom. The Morgan fingerprint density at radius 2 is 2.00 bits per heavy atom. The van der Waals surface area contributed by atoms with E-state index in [1.807, 2.05) is 34.9 Å². The molecule has 1 aliphatic rings. The fourth-order valence-corrected chi connectivity index (χ4v) is 4.91. The first-order chi connectivity index (χ1) is 15.3. The highest BCUT2D eigenvalue weighted by Gasteiger charge is 2.21. The van der Waals surface area contributed by atoms with Crippen molar-refractivity contribution < 1.29 is 4.42 Å². The van der Waals surface area contributed by atoms with E-state index in [4.69, 9.17) is 4.42 Å². The molecule has 31 heavy (non-hydrogen) atoms. The molecule has 4 heterocycles.